The van der Waals surface area contributed by atoms with Crippen LogP contribution in [0.25, 0.3) is 0 Å². The number of carbonyl (C=O) groups is 1. The van der Waals surface area contributed by atoms with Gasteiger partial charge in [0.25, 0.3) is 0 Å². The number of anilines is 1. The molecule has 0 radical (unpaired) electrons. The molecule has 0 spiro atoms. The van der Waals surface area contributed by atoms with Crippen molar-refractivity contribution in [1.29, 1.82) is 0 Å². The number of carbonyl (C=O) groups excluding carboxylic acids is 1. The van der Waals surface area contributed by atoms with Gasteiger partial charge >= 0.3 is 0 Å². The van der Waals surface area contributed by atoms with Crippen molar-refractivity contribution in [3.63, 3.8) is 0 Å². The van der Waals surface area contributed by atoms with Crippen molar-refractivity contribution in [2.75, 3.05) is 18.8 Å². The third kappa shape index (κ3) is 3.27. The van der Waals surface area contributed by atoms with E-state index in [2.05, 4.69) is 10.1 Å². The lowest BCUT2D eigenvalue weighted by atomic mass is 9.96. The lowest BCUT2D eigenvalue weighted by Gasteiger charge is -2.31. The molecule has 24 heavy (non-hydrogen) atoms. The van der Waals surface area contributed by atoms with Crippen molar-refractivity contribution >= 4 is 11.6 Å². The number of amides is 1. The van der Waals surface area contributed by atoms with E-state index in [1.165, 1.54) is 0 Å². The average Bonchev–Trinajstić information content (AvgIpc) is 3.34. The van der Waals surface area contributed by atoms with Crippen LogP contribution in [0.1, 0.15) is 54.8 Å². The summed E-state index contributed by atoms with van der Waals surface area (Å²) in [5, 5.41) is 4.15. The third-order valence-electron chi connectivity index (χ3n) is 4.86. The Kier molecular flexibility index (Phi) is 3.96. The van der Waals surface area contributed by atoms with Crippen LogP contribution in [0.4, 0.5) is 5.69 Å². The van der Waals surface area contributed by atoms with Crippen LogP contribution in [0.15, 0.2) is 28.8 Å². The number of likely N-dealkylation sites (tertiary alicyclic amines) is 1. The van der Waals surface area contributed by atoms with Crippen LogP contribution in [-0.2, 0) is 11.2 Å². The summed E-state index contributed by atoms with van der Waals surface area (Å²) in [6.07, 6.45) is 4.70. The molecule has 2 fully saturated rings. The fourth-order valence-corrected chi connectivity index (χ4v) is 3.25. The highest BCUT2D eigenvalue weighted by Crippen LogP contribution is 2.39. The maximum atomic E-state index is 12.6. The smallest absolute Gasteiger partial charge is 0.229 e. The maximum Gasteiger partial charge on any atom is 0.229 e. The molecular weight excluding hydrogens is 304 g/mol. The highest BCUT2D eigenvalue weighted by Gasteiger charge is 2.32. The Morgan fingerprint density at radius 1 is 1.21 bits per heavy atom. The Morgan fingerprint density at radius 2 is 2.00 bits per heavy atom. The van der Waals surface area contributed by atoms with Crippen LogP contribution in [0.5, 0.6) is 0 Å². The first-order valence-corrected chi connectivity index (χ1v) is 8.65. The Morgan fingerprint density at radius 3 is 2.75 bits per heavy atom. The zero-order valence-corrected chi connectivity index (χ0v) is 13.6. The Bertz CT molecular complexity index is 721. The van der Waals surface area contributed by atoms with Gasteiger partial charge in [-0.3, -0.25) is 4.79 Å². The first-order valence-electron chi connectivity index (χ1n) is 8.65. The number of nitrogens with zero attached hydrogens (tertiary/aromatic N) is 3. The van der Waals surface area contributed by atoms with E-state index in [0.717, 1.165) is 49.5 Å². The predicted octanol–water partition coefficient (Wildman–Crippen LogP) is 2.48. The monoisotopic (exact) mass is 326 g/mol. The average molecular weight is 326 g/mol. The van der Waals surface area contributed by atoms with Gasteiger partial charge in [-0.05, 0) is 43.4 Å². The van der Waals surface area contributed by atoms with Crippen LogP contribution in [-0.4, -0.2) is 34.0 Å². The topological polar surface area (TPSA) is 85.3 Å². The number of piperidine rings is 1. The molecule has 6 nitrogen and oxygen atoms in total. The molecule has 1 saturated carbocycles. The molecule has 1 unspecified atom stereocenters. The molecule has 4 rings (SSSR count). The molecule has 1 aromatic heterocycles. The molecule has 1 aliphatic heterocycles. The second-order valence-electron chi connectivity index (χ2n) is 6.86. The molecule has 2 heterocycles. The van der Waals surface area contributed by atoms with E-state index < -0.39 is 0 Å². The molecular formula is C18H22N4O2. The zero-order chi connectivity index (χ0) is 16.5. The number of rotatable bonds is 4. The van der Waals surface area contributed by atoms with Crippen molar-refractivity contribution in [3.8, 4) is 0 Å². The number of nitrogens with two attached hydrogens (primary N) is 1. The Balaban J connectivity index is 1.39. The van der Waals surface area contributed by atoms with Crippen molar-refractivity contribution in [3.05, 3.63) is 41.5 Å². The highest BCUT2D eigenvalue weighted by atomic mass is 16.5. The molecule has 2 aromatic rings. The standard InChI is InChI=1S/C18H22N4O2/c19-15-7-3-12(4-8-15)10-16(23)22-9-1-2-14(11-22)17-20-18(24-21-17)13-5-6-13/h3-4,7-8,13-14H,1-2,5-6,9-11,19H2. The highest BCUT2D eigenvalue weighted by molar-refractivity contribution is 5.79. The van der Waals surface area contributed by atoms with E-state index in [-0.39, 0.29) is 11.8 Å². The summed E-state index contributed by atoms with van der Waals surface area (Å²) in [4.78, 5) is 19.1. The number of nitrogen functional groups attached to an aromatic ring is 1. The molecule has 0 bridgehead atoms. The fourth-order valence-electron chi connectivity index (χ4n) is 3.25. The molecule has 2 aliphatic rings. The second kappa shape index (κ2) is 6.26. The van der Waals surface area contributed by atoms with Crippen LogP contribution < -0.4 is 5.73 Å². The van der Waals surface area contributed by atoms with Gasteiger partial charge in [0.2, 0.25) is 11.8 Å². The van der Waals surface area contributed by atoms with Crippen LogP contribution in [0, 0.1) is 0 Å². The molecule has 6 heteroatoms. The number of aromatic nitrogens is 2. The minimum absolute atomic E-state index is 0.149. The molecule has 1 aromatic carbocycles. The summed E-state index contributed by atoms with van der Waals surface area (Å²) in [6, 6.07) is 7.49. The van der Waals surface area contributed by atoms with Crippen molar-refractivity contribution in [2.45, 2.75) is 43.9 Å². The van der Waals surface area contributed by atoms with E-state index in [1.54, 1.807) is 0 Å². The van der Waals surface area contributed by atoms with Gasteiger partial charge in [0.05, 0.1) is 6.42 Å². The van der Waals surface area contributed by atoms with Gasteiger partial charge in [0.1, 0.15) is 0 Å². The molecule has 2 N–H and O–H groups in total. The van der Waals surface area contributed by atoms with Gasteiger partial charge in [-0.15, -0.1) is 0 Å². The third-order valence-corrected chi connectivity index (χ3v) is 4.86. The number of hydrogen-bond acceptors (Lipinski definition) is 5. The summed E-state index contributed by atoms with van der Waals surface area (Å²) >= 11 is 0. The summed E-state index contributed by atoms with van der Waals surface area (Å²) < 4.78 is 5.37. The van der Waals surface area contributed by atoms with Crippen LogP contribution in [0.2, 0.25) is 0 Å². The van der Waals surface area contributed by atoms with Crippen molar-refractivity contribution in [1.82, 2.24) is 15.0 Å². The molecule has 126 valence electrons. The van der Waals surface area contributed by atoms with E-state index in [1.807, 2.05) is 29.2 Å². The first kappa shape index (κ1) is 15.2. The van der Waals surface area contributed by atoms with Gasteiger partial charge in [-0.1, -0.05) is 17.3 Å². The van der Waals surface area contributed by atoms with Gasteiger partial charge in [0, 0.05) is 30.6 Å². The second-order valence-corrected chi connectivity index (χ2v) is 6.86. The first-order chi connectivity index (χ1) is 11.7. The van der Waals surface area contributed by atoms with Crippen LogP contribution in [0.3, 0.4) is 0 Å². The largest absolute Gasteiger partial charge is 0.399 e. The lowest BCUT2D eigenvalue weighted by molar-refractivity contribution is -0.131. The van der Waals surface area contributed by atoms with Crippen molar-refractivity contribution < 1.29 is 9.32 Å². The Hall–Kier alpha value is -2.37. The van der Waals surface area contributed by atoms with Crippen LogP contribution >= 0.6 is 0 Å². The van der Waals surface area contributed by atoms with E-state index in [4.69, 9.17) is 10.3 Å². The number of benzene rings is 1. The van der Waals surface area contributed by atoms with Gasteiger partial charge in [-0.2, -0.15) is 4.98 Å². The zero-order valence-electron chi connectivity index (χ0n) is 13.6. The summed E-state index contributed by atoms with van der Waals surface area (Å²) in [5.41, 5.74) is 7.40. The predicted molar refractivity (Wildman–Crippen MR) is 89.4 cm³/mol. The van der Waals surface area contributed by atoms with E-state index >= 15 is 0 Å². The van der Waals surface area contributed by atoms with Gasteiger partial charge in [-0.25, -0.2) is 0 Å². The molecule has 1 atom stereocenters. The molecule has 1 aliphatic carbocycles. The Labute approximate surface area is 141 Å². The van der Waals surface area contributed by atoms with Gasteiger partial charge < -0.3 is 15.2 Å². The number of hydrogen-bond donors (Lipinski definition) is 1. The quantitative estimate of drug-likeness (QED) is 0.872. The lowest BCUT2D eigenvalue weighted by Crippen LogP contribution is -2.40. The SMILES string of the molecule is Nc1ccc(CC(=O)N2CCCC(c3noc(C4CC4)n3)C2)cc1. The summed E-state index contributed by atoms with van der Waals surface area (Å²) in [7, 11) is 0. The minimum Gasteiger partial charge on any atom is -0.399 e. The summed E-state index contributed by atoms with van der Waals surface area (Å²) in [6.45, 7) is 1.48. The van der Waals surface area contributed by atoms with Crippen molar-refractivity contribution in [2.24, 2.45) is 0 Å². The molecule has 1 saturated heterocycles. The molecule has 1 amide bonds. The van der Waals surface area contributed by atoms with Gasteiger partial charge in [0.15, 0.2) is 5.82 Å². The van der Waals surface area contributed by atoms with E-state index in [9.17, 15) is 4.79 Å². The fraction of sp³-hybridized carbons (Fsp3) is 0.500. The van der Waals surface area contributed by atoms with E-state index in [0.29, 0.717) is 24.6 Å². The normalized spacial score (nSPS) is 21.0. The minimum atomic E-state index is 0.149. The summed E-state index contributed by atoms with van der Waals surface area (Å²) in [5.74, 6) is 2.34. The maximum absolute atomic E-state index is 12.6.